The van der Waals surface area contributed by atoms with E-state index in [1.807, 2.05) is 0 Å². The first-order valence-electron chi connectivity index (χ1n) is 5.53. The van der Waals surface area contributed by atoms with Crippen LogP contribution in [0.25, 0.3) is 0 Å². The van der Waals surface area contributed by atoms with Crippen molar-refractivity contribution in [2.45, 2.75) is 6.92 Å². The van der Waals surface area contributed by atoms with Crippen molar-refractivity contribution in [3.05, 3.63) is 48.4 Å². The monoisotopic (exact) mass is 391 g/mol. The highest BCUT2D eigenvalue weighted by atomic mass is 79.9. The number of nitro groups is 1. The van der Waals surface area contributed by atoms with Crippen LogP contribution in [-0.4, -0.2) is 9.91 Å². The number of nitrogens with zero attached hydrogens (tertiary/aromatic N) is 2. The first-order chi connectivity index (χ1) is 9.79. The third kappa shape index (κ3) is 3.37. The molecule has 9 heteroatoms. The predicted octanol–water partition coefficient (Wildman–Crippen LogP) is 4.74. The molecule has 2 rings (SSSR count). The summed E-state index contributed by atoms with van der Waals surface area (Å²) >= 11 is 14.9. The Kier molecular flexibility index (Phi) is 4.55. The van der Waals surface area contributed by atoms with Crippen molar-refractivity contribution < 1.29 is 9.66 Å². The molecular weight excluding hydrogens is 385 g/mol. The third-order valence-electron chi connectivity index (χ3n) is 2.54. The lowest BCUT2D eigenvalue weighted by Gasteiger charge is -2.11. The second kappa shape index (κ2) is 6.05. The summed E-state index contributed by atoms with van der Waals surface area (Å²) in [6.45, 7) is 1.67. The molecule has 0 aliphatic rings. The van der Waals surface area contributed by atoms with Crippen molar-refractivity contribution in [3.63, 3.8) is 0 Å². The SMILES string of the molecule is Cc1cc(Br)cc([N+](=O)[O-])c1Oc1nc(N)c(Cl)cc1Cl. The Bertz CT molecular complexity index is 740. The zero-order valence-corrected chi connectivity index (χ0v) is 13.7. The second-order valence-electron chi connectivity index (χ2n) is 4.07. The number of ether oxygens (including phenoxy) is 1. The molecular formula is C12H8BrCl2N3O3. The van der Waals surface area contributed by atoms with Crippen LogP contribution in [-0.2, 0) is 0 Å². The van der Waals surface area contributed by atoms with Crippen molar-refractivity contribution in [2.75, 3.05) is 5.73 Å². The molecule has 1 heterocycles. The van der Waals surface area contributed by atoms with Gasteiger partial charge in [-0.2, -0.15) is 4.98 Å². The quantitative estimate of drug-likeness (QED) is 0.601. The van der Waals surface area contributed by atoms with Gasteiger partial charge in [0.25, 0.3) is 0 Å². The topological polar surface area (TPSA) is 91.3 Å². The molecule has 2 N–H and O–H groups in total. The first-order valence-corrected chi connectivity index (χ1v) is 7.08. The van der Waals surface area contributed by atoms with E-state index >= 15 is 0 Å². The fraction of sp³-hybridized carbons (Fsp3) is 0.0833. The second-order valence-corrected chi connectivity index (χ2v) is 5.80. The van der Waals surface area contributed by atoms with E-state index in [0.29, 0.717) is 10.0 Å². The zero-order chi connectivity index (χ0) is 15.7. The van der Waals surface area contributed by atoms with E-state index in [1.165, 1.54) is 12.1 Å². The van der Waals surface area contributed by atoms with Gasteiger partial charge in [-0.3, -0.25) is 10.1 Å². The van der Waals surface area contributed by atoms with Gasteiger partial charge in [0.2, 0.25) is 11.6 Å². The normalized spacial score (nSPS) is 10.5. The van der Waals surface area contributed by atoms with Gasteiger partial charge in [-0.05, 0) is 19.1 Å². The van der Waals surface area contributed by atoms with Crippen LogP contribution in [0.2, 0.25) is 10.0 Å². The number of nitrogens with two attached hydrogens (primary N) is 1. The standard InChI is InChI=1S/C12H8BrCl2N3O3/c1-5-2-6(13)3-9(18(19)20)10(5)21-12-8(15)4-7(14)11(16)17-12/h2-4H,1H3,(H2,16,17). The Morgan fingerprint density at radius 2 is 2.00 bits per heavy atom. The molecule has 0 atom stereocenters. The highest BCUT2D eigenvalue weighted by Gasteiger charge is 2.21. The molecule has 0 radical (unpaired) electrons. The summed E-state index contributed by atoms with van der Waals surface area (Å²) in [6.07, 6.45) is 0. The summed E-state index contributed by atoms with van der Waals surface area (Å²) in [7, 11) is 0. The van der Waals surface area contributed by atoms with Crippen LogP contribution in [0.1, 0.15) is 5.56 Å². The number of aromatic nitrogens is 1. The Morgan fingerprint density at radius 3 is 2.62 bits per heavy atom. The van der Waals surface area contributed by atoms with Crippen molar-refractivity contribution >= 4 is 50.6 Å². The Morgan fingerprint density at radius 1 is 1.33 bits per heavy atom. The molecule has 0 fully saturated rings. The van der Waals surface area contributed by atoms with Gasteiger partial charge in [0, 0.05) is 16.1 Å². The summed E-state index contributed by atoms with van der Waals surface area (Å²) in [5, 5.41) is 11.4. The Balaban J connectivity index is 2.54. The molecule has 0 aliphatic heterocycles. The van der Waals surface area contributed by atoms with E-state index in [4.69, 9.17) is 33.7 Å². The molecule has 0 saturated carbocycles. The van der Waals surface area contributed by atoms with Crippen LogP contribution in [0.15, 0.2) is 22.7 Å². The lowest BCUT2D eigenvalue weighted by Crippen LogP contribution is -2.00. The summed E-state index contributed by atoms with van der Waals surface area (Å²) in [6, 6.07) is 4.37. The molecule has 0 amide bonds. The fourth-order valence-corrected chi connectivity index (χ4v) is 2.57. The molecule has 0 saturated heterocycles. The van der Waals surface area contributed by atoms with Crippen molar-refractivity contribution in [2.24, 2.45) is 0 Å². The van der Waals surface area contributed by atoms with E-state index in [9.17, 15) is 10.1 Å². The van der Waals surface area contributed by atoms with Crippen LogP contribution in [0, 0.1) is 17.0 Å². The average molecular weight is 393 g/mol. The van der Waals surface area contributed by atoms with E-state index in [0.717, 1.165) is 0 Å². The van der Waals surface area contributed by atoms with Crippen molar-refractivity contribution in [1.82, 2.24) is 4.98 Å². The molecule has 0 aliphatic carbocycles. The lowest BCUT2D eigenvalue weighted by molar-refractivity contribution is -0.385. The summed E-state index contributed by atoms with van der Waals surface area (Å²) in [4.78, 5) is 14.5. The maximum Gasteiger partial charge on any atom is 0.313 e. The molecule has 0 spiro atoms. The maximum absolute atomic E-state index is 11.1. The molecule has 6 nitrogen and oxygen atoms in total. The Hall–Kier alpha value is -1.57. The fourth-order valence-electron chi connectivity index (χ4n) is 1.61. The maximum atomic E-state index is 11.1. The predicted molar refractivity (Wildman–Crippen MR) is 84.3 cm³/mol. The minimum absolute atomic E-state index is 0.0217. The van der Waals surface area contributed by atoms with E-state index in [-0.39, 0.29) is 33.2 Å². The number of rotatable bonds is 3. The molecule has 0 bridgehead atoms. The number of hydrogen-bond acceptors (Lipinski definition) is 5. The van der Waals surface area contributed by atoms with Crippen LogP contribution in [0.5, 0.6) is 11.6 Å². The van der Waals surface area contributed by atoms with Crippen LogP contribution >= 0.6 is 39.1 Å². The zero-order valence-electron chi connectivity index (χ0n) is 10.6. The van der Waals surface area contributed by atoms with Gasteiger partial charge in [-0.1, -0.05) is 39.1 Å². The van der Waals surface area contributed by atoms with Gasteiger partial charge >= 0.3 is 5.69 Å². The Labute approximate surface area is 138 Å². The molecule has 2 aromatic rings. The van der Waals surface area contributed by atoms with Crippen LogP contribution in [0.4, 0.5) is 11.5 Å². The number of nitrogen functional groups attached to an aromatic ring is 1. The van der Waals surface area contributed by atoms with Gasteiger partial charge < -0.3 is 10.5 Å². The minimum atomic E-state index is -0.555. The van der Waals surface area contributed by atoms with Gasteiger partial charge in [0.1, 0.15) is 10.8 Å². The number of aryl methyl sites for hydroxylation is 1. The van der Waals surface area contributed by atoms with E-state index < -0.39 is 4.92 Å². The smallest absolute Gasteiger partial charge is 0.313 e. The summed E-state index contributed by atoms with van der Waals surface area (Å²) in [5.41, 5.74) is 5.91. The highest BCUT2D eigenvalue weighted by Crippen LogP contribution is 2.39. The van der Waals surface area contributed by atoms with Crippen LogP contribution < -0.4 is 10.5 Å². The van der Waals surface area contributed by atoms with Gasteiger partial charge in [-0.25, -0.2) is 0 Å². The molecule has 21 heavy (non-hydrogen) atoms. The van der Waals surface area contributed by atoms with Gasteiger partial charge in [0.05, 0.1) is 9.95 Å². The van der Waals surface area contributed by atoms with E-state index in [1.54, 1.807) is 13.0 Å². The van der Waals surface area contributed by atoms with Crippen LogP contribution in [0.3, 0.4) is 0 Å². The van der Waals surface area contributed by atoms with Gasteiger partial charge in [-0.15, -0.1) is 0 Å². The molecule has 1 aromatic carbocycles. The number of benzene rings is 1. The van der Waals surface area contributed by atoms with Gasteiger partial charge in [0.15, 0.2) is 0 Å². The summed E-state index contributed by atoms with van der Waals surface area (Å²) in [5.74, 6) is 0.0138. The number of anilines is 1. The highest BCUT2D eigenvalue weighted by molar-refractivity contribution is 9.10. The molecule has 110 valence electrons. The van der Waals surface area contributed by atoms with Crippen molar-refractivity contribution in [3.8, 4) is 11.6 Å². The number of pyridine rings is 1. The number of halogens is 3. The van der Waals surface area contributed by atoms with E-state index in [2.05, 4.69) is 20.9 Å². The van der Waals surface area contributed by atoms with Crippen molar-refractivity contribution in [1.29, 1.82) is 0 Å². The number of hydrogen-bond donors (Lipinski definition) is 1. The summed E-state index contributed by atoms with van der Waals surface area (Å²) < 4.78 is 6.04. The first kappa shape index (κ1) is 15.8. The number of nitro benzene ring substituents is 1. The average Bonchev–Trinajstić information content (AvgIpc) is 2.38. The molecule has 1 aromatic heterocycles. The molecule has 0 unspecified atom stereocenters. The lowest BCUT2D eigenvalue weighted by atomic mass is 10.2. The third-order valence-corrected chi connectivity index (χ3v) is 3.57. The largest absolute Gasteiger partial charge is 0.430 e. The minimum Gasteiger partial charge on any atom is -0.430 e.